The van der Waals surface area contributed by atoms with Crippen LogP contribution >= 0.6 is 0 Å². The average Bonchev–Trinajstić information content (AvgIpc) is 2.40. The number of aliphatic hydroxyl groups excluding tert-OH is 1. The smallest absolute Gasteiger partial charge is 0.227 e. The fraction of sp³-hybridized carbons (Fsp3) is 0.462. The summed E-state index contributed by atoms with van der Waals surface area (Å²) in [5, 5.41) is 14.9. The minimum Gasteiger partial charge on any atom is -0.392 e. The van der Waals surface area contributed by atoms with Crippen LogP contribution in [0.4, 0.5) is 5.69 Å². The van der Waals surface area contributed by atoms with Crippen molar-refractivity contribution in [2.75, 3.05) is 25.0 Å². The van der Waals surface area contributed by atoms with Gasteiger partial charge in [0.2, 0.25) is 5.91 Å². The molecule has 0 radical (unpaired) electrons. The van der Waals surface area contributed by atoms with Crippen LogP contribution in [0, 0.1) is 0 Å². The molecular weight excluding hydrogens is 232 g/mol. The van der Waals surface area contributed by atoms with Crippen LogP contribution in [0.15, 0.2) is 24.3 Å². The number of aliphatic hydroxyl groups is 1. The van der Waals surface area contributed by atoms with Crippen LogP contribution in [0.1, 0.15) is 12.0 Å². The van der Waals surface area contributed by atoms with Gasteiger partial charge in [0.05, 0.1) is 25.7 Å². The van der Waals surface area contributed by atoms with Crippen molar-refractivity contribution in [3.63, 3.8) is 0 Å². The van der Waals surface area contributed by atoms with Gasteiger partial charge in [0, 0.05) is 18.8 Å². The first kappa shape index (κ1) is 13.0. The lowest BCUT2D eigenvalue weighted by Gasteiger charge is -2.23. The van der Waals surface area contributed by atoms with Crippen molar-refractivity contribution in [1.82, 2.24) is 5.32 Å². The molecule has 1 aliphatic heterocycles. The zero-order valence-corrected chi connectivity index (χ0v) is 10.2. The SMILES string of the molecule is O=C(CC1CNCCO1)Nc1ccc(CO)cc1. The zero-order chi connectivity index (χ0) is 12.8. The van der Waals surface area contributed by atoms with Crippen LogP contribution in [0.3, 0.4) is 0 Å². The molecule has 5 heteroatoms. The van der Waals surface area contributed by atoms with Crippen molar-refractivity contribution in [3.8, 4) is 0 Å². The molecule has 1 aliphatic rings. The Morgan fingerprint density at radius 1 is 1.44 bits per heavy atom. The number of ether oxygens (including phenoxy) is 1. The number of amides is 1. The van der Waals surface area contributed by atoms with E-state index < -0.39 is 0 Å². The highest BCUT2D eigenvalue weighted by Gasteiger charge is 2.17. The van der Waals surface area contributed by atoms with Crippen molar-refractivity contribution in [1.29, 1.82) is 0 Å². The lowest BCUT2D eigenvalue weighted by atomic mass is 10.2. The molecule has 3 N–H and O–H groups in total. The molecule has 98 valence electrons. The summed E-state index contributed by atoms with van der Waals surface area (Å²) in [5.41, 5.74) is 1.56. The van der Waals surface area contributed by atoms with E-state index in [1.54, 1.807) is 24.3 Å². The number of anilines is 1. The van der Waals surface area contributed by atoms with Crippen molar-refractivity contribution in [3.05, 3.63) is 29.8 Å². The highest BCUT2D eigenvalue weighted by atomic mass is 16.5. The Kier molecular flexibility index (Phi) is 4.69. The fourth-order valence-electron chi connectivity index (χ4n) is 1.86. The lowest BCUT2D eigenvalue weighted by molar-refractivity contribution is -0.119. The molecule has 1 aromatic rings. The number of hydrogen-bond donors (Lipinski definition) is 3. The van der Waals surface area contributed by atoms with Gasteiger partial charge >= 0.3 is 0 Å². The number of rotatable bonds is 4. The first-order valence-corrected chi connectivity index (χ1v) is 6.10. The molecule has 0 aromatic heterocycles. The van der Waals surface area contributed by atoms with Gasteiger partial charge in [-0.3, -0.25) is 4.79 Å². The largest absolute Gasteiger partial charge is 0.392 e. The number of morpholine rings is 1. The van der Waals surface area contributed by atoms with Crippen LogP contribution in [-0.2, 0) is 16.1 Å². The zero-order valence-electron chi connectivity index (χ0n) is 10.2. The Labute approximate surface area is 106 Å². The molecule has 1 unspecified atom stereocenters. The second kappa shape index (κ2) is 6.49. The maximum Gasteiger partial charge on any atom is 0.227 e. The predicted molar refractivity (Wildman–Crippen MR) is 68.2 cm³/mol. The molecule has 0 spiro atoms. The molecule has 1 heterocycles. The standard InChI is InChI=1S/C13H18N2O3/c16-9-10-1-3-11(4-2-10)15-13(17)7-12-8-14-5-6-18-12/h1-4,12,14,16H,5-9H2,(H,15,17). The Balaban J connectivity index is 1.82. The molecule has 1 amide bonds. The molecule has 0 aliphatic carbocycles. The summed E-state index contributed by atoms with van der Waals surface area (Å²) in [6.45, 7) is 2.23. The number of nitrogens with one attached hydrogen (secondary N) is 2. The maximum atomic E-state index is 11.8. The van der Waals surface area contributed by atoms with Gasteiger partial charge in [-0.15, -0.1) is 0 Å². The van der Waals surface area contributed by atoms with Gasteiger partial charge in [-0.2, -0.15) is 0 Å². The third kappa shape index (κ3) is 3.80. The predicted octanol–water partition coefficient (Wildman–Crippen LogP) is 0.496. The first-order chi connectivity index (χ1) is 8.78. The second-order valence-corrected chi connectivity index (χ2v) is 4.30. The Bertz CT molecular complexity index is 386. The molecular formula is C13H18N2O3. The summed E-state index contributed by atoms with van der Waals surface area (Å²) in [6.07, 6.45) is 0.310. The Morgan fingerprint density at radius 3 is 2.83 bits per heavy atom. The number of hydrogen-bond acceptors (Lipinski definition) is 4. The average molecular weight is 250 g/mol. The van der Waals surface area contributed by atoms with E-state index in [2.05, 4.69) is 10.6 Å². The molecule has 0 saturated carbocycles. The van der Waals surface area contributed by atoms with Crippen LogP contribution < -0.4 is 10.6 Å². The molecule has 2 rings (SSSR count). The number of benzene rings is 1. The summed E-state index contributed by atoms with van der Waals surface area (Å²) >= 11 is 0. The quantitative estimate of drug-likeness (QED) is 0.727. The third-order valence-electron chi connectivity index (χ3n) is 2.84. The van der Waals surface area contributed by atoms with E-state index in [9.17, 15) is 4.79 Å². The van der Waals surface area contributed by atoms with Crippen molar-refractivity contribution < 1.29 is 14.6 Å². The molecule has 18 heavy (non-hydrogen) atoms. The number of carbonyl (C=O) groups excluding carboxylic acids is 1. The van der Waals surface area contributed by atoms with Gasteiger partial charge in [0.1, 0.15) is 0 Å². The highest BCUT2D eigenvalue weighted by Crippen LogP contribution is 2.11. The normalized spacial score (nSPS) is 19.5. The molecule has 1 aromatic carbocycles. The molecule has 0 bridgehead atoms. The summed E-state index contributed by atoms with van der Waals surface area (Å²) in [7, 11) is 0. The van der Waals surface area contributed by atoms with Gasteiger partial charge in [-0.25, -0.2) is 0 Å². The minimum atomic E-state index is -0.0551. The Hall–Kier alpha value is -1.43. The monoisotopic (exact) mass is 250 g/mol. The molecule has 1 fully saturated rings. The van der Waals surface area contributed by atoms with Crippen molar-refractivity contribution in [2.24, 2.45) is 0 Å². The Morgan fingerprint density at radius 2 is 2.22 bits per heavy atom. The highest BCUT2D eigenvalue weighted by molar-refractivity contribution is 5.91. The van der Waals surface area contributed by atoms with E-state index in [0.717, 1.165) is 24.3 Å². The number of carbonyl (C=O) groups is 1. The molecule has 1 atom stereocenters. The molecule has 5 nitrogen and oxygen atoms in total. The van der Waals surface area contributed by atoms with Crippen molar-refractivity contribution >= 4 is 11.6 Å². The minimum absolute atomic E-state index is 0.00973. The van der Waals surface area contributed by atoms with Crippen molar-refractivity contribution in [2.45, 2.75) is 19.1 Å². The fourth-order valence-corrected chi connectivity index (χ4v) is 1.86. The van der Waals surface area contributed by atoms with E-state index in [1.165, 1.54) is 0 Å². The van der Waals surface area contributed by atoms with Crippen LogP contribution in [0.25, 0.3) is 0 Å². The van der Waals surface area contributed by atoms with Gasteiger partial charge in [-0.05, 0) is 17.7 Å². The van der Waals surface area contributed by atoms with E-state index in [4.69, 9.17) is 9.84 Å². The third-order valence-corrected chi connectivity index (χ3v) is 2.84. The van der Waals surface area contributed by atoms with E-state index in [-0.39, 0.29) is 18.6 Å². The van der Waals surface area contributed by atoms with Gasteiger partial charge < -0.3 is 20.5 Å². The van der Waals surface area contributed by atoms with E-state index in [0.29, 0.717) is 13.0 Å². The molecule has 1 saturated heterocycles. The summed E-state index contributed by atoms with van der Waals surface area (Å²) in [5.74, 6) is -0.0551. The maximum absolute atomic E-state index is 11.8. The van der Waals surface area contributed by atoms with E-state index >= 15 is 0 Å². The second-order valence-electron chi connectivity index (χ2n) is 4.30. The topological polar surface area (TPSA) is 70.6 Å². The van der Waals surface area contributed by atoms with Gasteiger partial charge in [-0.1, -0.05) is 12.1 Å². The summed E-state index contributed by atoms with van der Waals surface area (Å²) in [6, 6.07) is 7.13. The van der Waals surface area contributed by atoms with Crippen LogP contribution in [-0.4, -0.2) is 36.8 Å². The summed E-state index contributed by atoms with van der Waals surface area (Å²) in [4.78, 5) is 11.8. The van der Waals surface area contributed by atoms with Crippen LogP contribution in [0.5, 0.6) is 0 Å². The van der Waals surface area contributed by atoms with Gasteiger partial charge in [0.25, 0.3) is 0 Å². The summed E-state index contributed by atoms with van der Waals surface area (Å²) < 4.78 is 5.47. The first-order valence-electron chi connectivity index (χ1n) is 6.10. The van der Waals surface area contributed by atoms with E-state index in [1.807, 2.05) is 0 Å². The van der Waals surface area contributed by atoms with Crippen LogP contribution in [0.2, 0.25) is 0 Å². The lowest BCUT2D eigenvalue weighted by Crippen LogP contribution is -2.40. The van der Waals surface area contributed by atoms with Gasteiger partial charge in [0.15, 0.2) is 0 Å².